The highest BCUT2D eigenvalue weighted by Crippen LogP contribution is 2.21. The maximum atomic E-state index is 12.0. The van der Waals surface area contributed by atoms with Crippen molar-refractivity contribution in [1.29, 1.82) is 0 Å². The fourth-order valence-electron chi connectivity index (χ4n) is 2.32. The molecule has 2 amide bonds. The smallest absolute Gasteiger partial charge is 0.244 e. The van der Waals surface area contributed by atoms with Crippen molar-refractivity contribution in [2.45, 2.75) is 45.3 Å². The summed E-state index contributed by atoms with van der Waals surface area (Å²) >= 11 is 0. The summed E-state index contributed by atoms with van der Waals surface area (Å²) in [5.41, 5.74) is 0.844. The number of para-hydroxylation sites is 1. The van der Waals surface area contributed by atoms with E-state index in [2.05, 4.69) is 17.6 Å². The predicted molar refractivity (Wildman–Crippen MR) is 90.0 cm³/mol. The number of carbonyl (C=O) groups is 2. The number of amides is 2. The highest BCUT2D eigenvalue weighted by atomic mass is 16.5. The van der Waals surface area contributed by atoms with Gasteiger partial charge in [-0.15, -0.1) is 0 Å². The maximum Gasteiger partial charge on any atom is 0.244 e. The molecule has 2 atom stereocenters. The van der Waals surface area contributed by atoms with Crippen molar-refractivity contribution in [2.75, 3.05) is 6.54 Å². The molecule has 0 radical (unpaired) electrons. The topological polar surface area (TPSA) is 67.4 Å². The van der Waals surface area contributed by atoms with Gasteiger partial charge in [0.2, 0.25) is 11.8 Å². The third kappa shape index (κ3) is 5.13. The minimum atomic E-state index is -0.437. The minimum absolute atomic E-state index is 0.112. The van der Waals surface area contributed by atoms with E-state index >= 15 is 0 Å². The van der Waals surface area contributed by atoms with E-state index in [-0.39, 0.29) is 17.9 Å². The van der Waals surface area contributed by atoms with Crippen LogP contribution >= 0.6 is 0 Å². The molecule has 2 unspecified atom stereocenters. The molecule has 0 spiro atoms. The molecule has 2 rings (SSSR count). The number of rotatable bonds is 6. The van der Waals surface area contributed by atoms with Crippen molar-refractivity contribution in [1.82, 2.24) is 10.6 Å². The van der Waals surface area contributed by atoms with E-state index < -0.39 is 6.04 Å². The van der Waals surface area contributed by atoms with Crippen LogP contribution in [0.2, 0.25) is 0 Å². The SMILES string of the molecule is CCC(C)Oc1ccccc1/C=C/C(=O)NC1CCCNC1=O. The quantitative estimate of drug-likeness (QED) is 0.791. The van der Waals surface area contributed by atoms with Crippen LogP contribution in [0.4, 0.5) is 0 Å². The monoisotopic (exact) mass is 316 g/mol. The summed E-state index contributed by atoms with van der Waals surface area (Å²) in [5.74, 6) is 0.366. The van der Waals surface area contributed by atoms with Crippen LogP contribution < -0.4 is 15.4 Å². The number of nitrogens with one attached hydrogen (secondary N) is 2. The third-order valence-corrected chi connectivity index (χ3v) is 3.84. The molecule has 1 saturated heterocycles. The van der Waals surface area contributed by atoms with Crippen molar-refractivity contribution in [3.63, 3.8) is 0 Å². The third-order valence-electron chi connectivity index (χ3n) is 3.84. The van der Waals surface area contributed by atoms with Crippen molar-refractivity contribution in [2.24, 2.45) is 0 Å². The molecule has 5 nitrogen and oxygen atoms in total. The highest BCUT2D eigenvalue weighted by molar-refractivity contribution is 5.95. The molecule has 0 bridgehead atoms. The molecule has 1 aliphatic heterocycles. The zero-order valence-corrected chi connectivity index (χ0v) is 13.7. The van der Waals surface area contributed by atoms with Crippen molar-refractivity contribution in [3.05, 3.63) is 35.9 Å². The fraction of sp³-hybridized carbons (Fsp3) is 0.444. The lowest BCUT2D eigenvalue weighted by molar-refractivity contribution is -0.128. The van der Waals surface area contributed by atoms with Gasteiger partial charge in [-0.1, -0.05) is 25.1 Å². The van der Waals surface area contributed by atoms with Crippen LogP contribution in [-0.2, 0) is 9.59 Å². The second-order valence-corrected chi connectivity index (χ2v) is 5.70. The molecule has 2 N–H and O–H groups in total. The van der Waals surface area contributed by atoms with E-state index in [1.807, 2.05) is 31.2 Å². The second-order valence-electron chi connectivity index (χ2n) is 5.70. The van der Waals surface area contributed by atoms with Gasteiger partial charge >= 0.3 is 0 Å². The van der Waals surface area contributed by atoms with Crippen LogP contribution in [0.1, 0.15) is 38.7 Å². The standard InChI is InChI=1S/C18H24N2O3/c1-3-13(2)23-16-9-5-4-7-14(16)10-11-17(21)20-15-8-6-12-19-18(15)22/h4-5,7,9-11,13,15H,3,6,8,12H2,1-2H3,(H,19,22)(H,20,21)/b11-10+. The minimum Gasteiger partial charge on any atom is -0.490 e. The van der Waals surface area contributed by atoms with Gasteiger partial charge in [0.25, 0.3) is 0 Å². The summed E-state index contributed by atoms with van der Waals surface area (Å²) in [5, 5.41) is 5.48. The van der Waals surface area contributed by atoms with Crippen LogP contribution in [0.15, 0.2) is 30.3 Å². The van der Waals surface area contributed by atoms with Crippen molar-refractivity contribution < 1.29 is 14.3 Å². The van der Waals surface area contributed by atoms with Gasteiger partial charge in [0.15, 0.2) is 0 Å². The van der Waals surface area contributed by atoms with E-state index in [4.69, 9.17) is 4.74 Å². The lowest BCUT2D eigenvalue weighted by Crippen LogP contribution is -2.49. The Morgan fingerprint density at radius 1 is 1.48 bits per heavy atom. The Bertz CT molecular complexity index is 583. The first kappa shape index (κ1) is 17.1. The second kappa shape index (κ2) is 8.36. The Kier molecular flexibility index (Phi) is 6.20. The number of carbonyl (C=O) groups excluding carboxylic acids is 2. The van der Waals surface area contributed by atoms with E-state index in [1.165, 1.54) is 6.08 Å². The Morgan fingerprint density at radius 2 is 2.26 bits per heavy atom. The maximum absolute atomic E-state index is 12.0. The van der Waals surface area contributed by atoms with Crippen LogP contribution in [0.5, 0.6) is 5.75 Å². The van der Waals surface area contributed by atoms with Crippen LogP contribution in [0.25, 0.3) is 6.08 Å². The Morgan fingerprint density at radius 3 is 3.00 bits per heavy atom. The number of hydrogen-bond acceptors (Lipinski definition) is 3. The van der Waals surface area contributed by atoms with Crippen LogP contribution in [0, 0.1) is 0 Å². The largest absolute Gasteiger partial charge is 0.490 e. The lowest BCUT2D eigenvalue weighted by atomic mass is 10.1. The molecule has 0 saturated carbocycles. The first-order valence-corrected chi connectivity index (χ1v) is 8.12. The van der Waals surface area contributed by atoms with Gasteiger partial charge in [-0.25, -0.2) is 0 Å². The van der Waals surface area contributed by atoms with Gasteiger partial charge < -0.3 is 15.4 Å². The van der Waals surface area contributed by atoms with Crippen molar-refractivity contribution >= 4 is 17.9 Å². The predicted octanol–water partition coefficient (Wildman–Crippen LogP) is 2.27. The fourth-order valence-corrected chi connectivity index (χ4v) is 2.32. The summed E-state index contributed by atoms with van der Waals surface area (Å²) < 4.78 is 5.85. The lowest BCUT2D eigenvalue weighted by Gasteiger charge is -2.22. The summed E-state index contributed by atoms with van der Waals surface area (Å²) in [6.45, 7) is 4.75. The number of benzene rings is 1. The van der Waals surface area contributed by atoms with Crippen LogP contribution in [0.3, 0.4) is 0 Å². The van der Waals surface area contributed by atoms with Gasteiger partial charge in [0.1, 0.15) is 11.8 Å². The number of piperidine rings is 1. The molecule has 23 heavy (non-hydrogen) atoms. The van der Waals surface area contributed by atoms with Gasteiger partial charge in [0.05, 0.1) is 6.10 Å². The molecular formula is C18H24N2O3. The van der Waals surface area contributed by atoms with Gasteiger partial charge in [-0.05, 0) is 38.3 Å². The first-order chi connectivity index (χ1) is 11.1. The zero-order chi connectivity index (χ0) is 16.7. The Hall–Kier alpha value is -2.30. The van der Waals surface area contributed by atoms with E-state index in [9.17, 15) is 9.59 Å². The van der Waals surface area contributed by atoms with Gasteiger partial charge in [-0.2, -0.15) is 0 Å². The average molecular weight is 316 g/mol. The first-order valence-electron chi connectivity index (χ1n) is 8.12. The van der Waals surface area contributed by atoms with Crippen molar-refractivity contribution in [3.8, 4) is 5.75 Å². The Labute approximate surface area is 137 Å². The number of hydrogen-bond donors (Lipinski definition) is 2. The number of ether oxygens (including phenoxy) is 1. The summed E-state index contributed by atoms with van der Waals surface area (Å²) in [7, 11) is 0. The van der Waals surface area contributed by atoms with E-state index in [0.717, 1.165) is 24.2 Å². The zero-order valence-electron chi connectivity index (χ0n) is 13.7. The molecule has 1 aromatic rings. The molecule has 1 aromatic carbocycles. The van der Waals surface area contributed by atoms with E-state index in [1.54, 1.807) is 6.08 Å². The average Bonchev–Trinajstić information content (AvgIpc) is 2.56. The molecule has 124 valence electrons. The van der Waals surface area contributed by atoms with E-state index in [0.29, 0.717) is 13.0 Å². The molecular weight excluding hydrogens is 292 g/mol. The summed E-state index contributed by atoms with van der Waals surface area (Å²) in [6.07, 6.45) is 5.75. The summed E-state index contributed by atoms with van der Waals surface area (Å²) in [4.78, 5) is 23.6. The molecule has 0 aliphatic carbocycles. The Balaban J connectivity index is 1.99. The molecule has 1 aliphatic rings. The highest BCUT2D eigenvalue weighted by Gasteiger charge is 2.22. The molecule has 5 heteroatoms. The van der Waals surface area contributed by atoms with Crippen LogP contribution in [-0.4, -0.2) is 30.5 Å². The molecule has 0 aromatic heterocycles. The van der Waals surface area contributed by atoms with Gasteiger partial charge in [0, 0.05) is 18.2 Å². The summed E-state index contributed by atoms with van der Waals surface area (Å²) in [6, 6.07) is 7.15. The normalized spacial score (nSPS) is 19.2. The van der Waals surface area contributed by atoms with Gasteiger partial charge in [-0.3, -0.25) is 9.59 Å². The molecule has 1 fully saturated rings. The molecule has 1 heterocycles.